The lowest BCUT2D eigenvalue weighted by atomic mass is 9.98. The number of halogens is 1. The molecule has 0 aliphatic heterocycles. The summed E-state index contributed by atoms with van der Waals surface area (Å²) in [5.41, 5.74) is 1.37. The van der Waals surface area contributed by atoms with Crippen molar-refractivity contribution in [3.63, 3.8) is 0 Å². The second-order valence-corrected chi connectivity index (χ2v) is 11.5. The molecule has 44 heavy (non-hydrogen) atoms. The van der Waals surface area contributed by atoms with Crippen molar-refractivity contribution in [3.05, 3.63) is 111 Å². The number of amides is 1. The van der Waals surface area contributed by atoms with E-state index in [-0.39, 0.29) is 30.3 Å². The third kappa shape index (κ3) is 7.99. The summed E-state index contributed by atoms with van der Waals surface area (Å²) in [6.07, 6.45) is 0.149. The van der Waals surface area contributed by atoms with Crippen molar-refractivity contribution in [3.8, 4) is 17.0 Å². The first-order valence-electron chi connectivity index (χ1n) is 14.1. The molecule has 0 saturated heterocycles. The number of carbonyl (C=O) groups excluding carboxylic acids is 3. The van der Waals surface area contributed by atoms with Crippen molar-refractivity contribution in [1.29, 1.82) is 0 Å². The van der Waals surface area contributed by atoms with Gasteiger partial charge in [-0.25, -0.2) is 9.48 Å². The quantitative estimate of drug-likeness (QED) is 0.159. The first-order chi connectivity index (χ1) is 20.9. The Labute approximate surface area is 260 Å². The zero-order valence-corrected chi connectivity index (χ0v) is 26.0. The largest absolute Gasteiger partial charge is 0.477 e. The number of carbonyl (C=O) groups is 3. The number of anilines is 1. The van der Waals surface area contributed by atoms with Crippen LogP contribution < -0.4 is 15.6 Å². The van der Waals surface area contributed by atoms with Crippen molar-refractivity contribution in [1.82, 2.24) is 9.78 Å². The van der Waals surface area contributed by atoms with Gasteiger partial charge in [-0.1, -0.05) is 41.9 Å². The topological polar surface area (TPSA) is 117 Å². The molecule has 1 heterocycles. The van der Waals surface area contributed by atoms with Gasteiger partial charge in [0.1, 0.15) is 11.6 Å². The predicted molar refractivity (Wildman–Crippen MR) is 170 cm³/mol. The predicted octanol–water partition coefficient (Wildman–Crippen LogP) is 6.54. The average molecular weight is 616 g/mol. The van der Waals surface area contributed by atoms with Crippen LogP contribution in [0.5, 0.6) is 5.88 Å². The van der Waals surface area contributed by atoms with Crippen molar-refractivity contribution < 1.29 is 23.9 Å². The minimum absolute atomic E-state index is 0.0736. The van der Waals surface area contributed by atoms with Gasteiger partial charge < -0.3 is 14.8 Å². The molecule has 0 bridgehead atoms. The van der Waals surface area contributed by atoms with Crippen LogP contribution in [0.2, 0.25) is 5.02 Å². The Bertz CT molecular complexity index is 1730. The number of hydrogen-bond acceptors (Lipinski definition) is 7. The van der Waals surface area contributed by atoms with E-state index in [2.05, 4.69) is 10.4 Å². The van der Waals surface area contributed by atoms with Gasteiger partial charge in [0.2, 0.25) is 11.8 Å². The highest BCUT2D eigenvalue weighted by Gasteiger charge is 2.27. The summed E-state index contributed by atoms with van der Waals surface area (Å²) in [4.78, 5) is 52.3. The second-order valence-electron chi connectivity index (χ2n) is 11.1. The lowest BCUT2D eigenvalue weighted by Crippen LogP contribution is -2.36. The number of nitrogens with zero attached hydrogens (tertiary/aromatic N) is 2. The Hall–Kier alpha value is -4.76. The Kier molecular flexibility index (Phi) is 10.0. The number of rotatable bonds is 10. The lowest BCUT2D eigenvalue weighted by Gasteiger charge is -2.21. The zero-order chi connectivity index (χ0) is 32.0. The van der Waals surface area contributed by atoms with Gasteiger partial charge in [0.05, 0.1) is 17.7 Å². The second kappa shape index (κ2) is 13.7. The SMILES string of the molecule is CCOc1nn(C(Cc2ccccc2)C(=O)Nc2ccc(C(=O)OC(C)(C)C)cc2)c(=O)cc1-c1cc(Cl)ccc1C(C)=O. The number of nitrogens with one attached hydrogen (secondary N) is 1. The molecule has 4 aromatic rings. The molecule has 228 valence electrons. The summed E-state index contributed by atoms with van der Waals surface area (Å²) in [6.45, 7) is 8.74. The molecule has 1 amide bonds. The number of ether oxygens (including phenoxy) is 2. The minimum Gasteiger partial charge on any atom is -0.477 e. The van der Waals surface area contributed by atoms with Crippen LogP contribution in [0, 0.1) is 0 Å². The van der Waals surface area contributed by atoms with E-state index in [4.69, 9.17) is 21.1 Å². The van der Waals surface area contributed by atoms with Crippen LogP contribution in [0.1, 0.15) is 66.9 Å². The maximum Gasteiger partial charge on any atom is 0.338 e. The van der Waals surface area contributed by atoms with Gasteiger partial charge in [0.15, 0.2) is 5.78 Å². The van der Waals surface area contributed by atoms with E-state index >= 15 is 0 Å². The molecular weight excluding hydrogens is 582 g/mol. The molecule has 10 heteroatoms. The number of hydrogen-bond donors (Lipinski definition) is 1. The lowest BCUT2D eigenvalue weighted by molar-refractivity contribution is -0.119. The van der Waals surface area contributed by atoms with Crippen LogP contribution in [-0.2, 0) is 16.0 Å². The van der Waals surface area contributed by atoms with Crippen molar-refractivity contribution in [2.24, 2.45) is 0 Å². The maximum absolute atomic E-state index is 13.8. The maximum atomic E-state index is 13.8. The van der Waals surface area contributed by atoms with Gasteiger partial charge >= 0.3 is 5.97 Å². The average Bonchev–Trinajstić information content (AvgIpc) is 2.96. The number of aromatic nitrogens is 2. The molecule has 4 rings (SSSR count). The molecule has 1 aromatic heterocycles. The smallest absolute Gasteiger partial charge is 0.338 e. The van der Waals surface area contributed by atoms with E-state index in [0.29, 0.717) is 27.4 Å². The fraction of sp³-hybridized carbons (Fsp3) is 0.265. The highest BCUT2D eigenvalue weighted by atomic mass is 35.5. The summed E-state index contributed by atoms with van der Waals surface area (Å²) in [5, 5.41) is 7.71. The van der Waals surface area contributed by atoms with Crippen LogP contribution in [0.15, 0.2) is 83.7 Å². The molecule has 0 radical (unpaired) electrons. The highest BCUT2D eigenvalue weighted by molar-refractivity contribution is 6.31. The van der Waals surface area contributed by atoms with E-state index in [1.165, 1.54) is 13.0 Å². The van der Waals surface area contributed by atoms with Crippen LogP contribution in [0.25, 0.3) is 11.1 Å². The Morgan fingerprint density at radius 2 is 1.64 bits per heavy atom. The summed E-state index contributed by atoms with van der Waals surface area (Å²) >= 11 is 6.25. The van der Waals surface area contributed by atoms with Gasteiger partial charge in [-0.05, 0) is 88.2 Å². The number of benzene rings is 3. The summed E-state index contributed by atoms with van der Waals surface area (Å²) in [5.74, 6) is -1.13. The van der Waals surface area contributed by atoms with Crippen molar-refractivity contribution >= 4 is 34.9 Å². The molecule has 9 nitrogen and oxygen atoms in total. The van der Waals surface area contributed by atoms with Crippen molar-refractivity contribution in [2.45, 2.75) is 52.7 Å². The molecule has 0 aliphatic rings. The molecule has 0 saturated carbocycles. The van der Waals surface area contributed by atoms with Gasteiger partial charge in [0, 0.05) is 28.8 Å². The van der Waals surface area contributed by atoms with Crippen LogP contribution in [0.4, 0.5) is 5.69 Å². The van der Waals surface area contributed by atoms with Gasteiger partial charge in [0.25, 0.3) is 5.56 Å². The molecule has 1 atom stereocenters. The normalized spacial score (nSPS) is 11.9. The molecule has 0 fully saturated rings. The van der Waals surface area contributed by atoms with E-state index in [9.17, 15) is 19.2 Å². The molecular formula is C34H34ClN3O6. The third-order valence-corrected chi connectivity index (χ3v) is 6.75. The number of Topliss-reactive ketones (excluding diaryl/α,β-unsaturated/α-hetero) is 1. The Morgan fingerprint density at radius 1 is 0.955 bits per heavy atom. The first kappa shape index (κ1) is 32.2. The van der Waals surface area contributed by atoms with E-state index < -0.39 is 29.1 Å². The van der Waals surface area contributed by atoms with E-state index in [1.807, 2.05) is 30.3 Å². The van der Waals surface area contributed by atoms with E-state index in [1.54, 1.807) is 70.2 Å². The fourth-order valence-corrected chi connectivity index (χ4v) is 4.71. The number of esters is 1. The molecule has 0 aliphatic carbocycles. The van der Waals surface area contributed by atoms with E-state index in [0.717, 1.165) is 10.2 Å². The van der Waals surface area contributed by atoms with Gasteiger partial charge in [-0.15, -0.1) is 5.10 Å². The Balaban J connectivity index is 1.74. The molecule has 3 aromatic carbocycles. The number of ketones is 1. The highest BCUT2D eigenvalue weighted by Crippen LogP contribution is 2.33. The summed E-state index contributed by atoms with van der Waals surface area (Å²) < 4.78 is 12.3. The van der Waals surface area contributed by atoms with Gasteiger partial charge in [-0.2, -0.15) is 0 Å². The van der Waals surface area contributed by atoms with Gasteiger partial charge in [-0.3, -0.25) is 14.4 Å². The third-order valence-electron chi connectivity index (χ3n) is 6.51. The zero-order valence-electron chi connectivity index (χ0n) is 25.2. The first-order valence-corrected chi connectivity index (χ1v) is 14.5. The summed E-state index contributed by atoms with van der Waals surface area (Å²) in [6, 6.07) is 20.5. The minimum atomic E-state index is -1.07. The monoisotopic (exact) mass is 615 g/mol. The fourth-order valence-electron chi connectivity index (χ4n) is 4.54. The summed E-state index contributed by atoms with van der Waals surface area (Å²) in [7, 11) is 0. The van der Waals surface area contributed by atoms with Crippen LogP contribution in [0.3, 0.4) is 0 Å². The van der Waals surface area contributed by atoms with Crippen LogP contribution >= 0.6 is 11.6 Å². The molecule has 1 unspecified atom stereocenters. The standard InChI is InChI=1S/C34H34ClN3O6/c1-6-43-32-28(27-19-24(35)14-17-26(27)21(2)39)20-30(40)38(37-32)29(18-22-10-8-7-9-11-22)31(41)36-25-15-12-23(13-16-25)33(42)44-34(3,4)5/h7-17,19-20,29H,6,18H2,1-5H3,(H,36,41). The molecule has 0 spiro atoms. The Morgan fingerprint density at radius 3 is 2.25 bits per heavy atom. The van der Waals surface area contributed by atoms with Crippen molar-refractivity contribution in [2.75, 3.05) is 11.9 Å². The van der Waals surface area contributed by atoms with Crippen LogP contribution in [-0.4, -0.2) is 39.6 Å². The molecule has 1 N–H and O–H groups in total.